The van der Waals surface area contributed by atoms with E-state index in [1.165, 1.54) is 23.1 Å². The Balaban J connectivity index is 2.91. The van der Waals surface area contributed by atoms with Gasteiger partial charge in [0.15, 0.2) is 0 Å². The van der Waals surface area contributed by atoms with Crippen molar-refractivity contribution in [3.05, 3.63) is 25.6 Å². The van der Waals surface area contributed by atoms with Gasteiger partial charge in [0.25, 0.3) is 0 Å². The molecule has 0 spiro atoms. The van der Waals surface area contributed by atoms with E-state index in [4.69, 9.17) is 11.6 Å². The second-order valence-electron chi connectivity index (χ2n) is 2.26. The zero-order valence-corrected chi connectivity index (χ0v) is 10.4. The molecule has 0 saturated heterocycles. The van der Waals surface area contributed by atoms with Crippen LogP contribution >= 0.6 is 34.7 Å². The summed E-state index contributed by atoms with van der Waals surface area (Å²) in [4.78, 5) is 1.05. The van der Waals surface area contributed by atoms with Gasteiger partial charge < -0.3 is 0 Å². The minimum absolute atomic E-state index is 0.758. The lowest BCUT2D eigenvalue weighted by Crippen LogP contribution is -1.85. The molecule has 0 aromatic carbocycles. The van der Waals surface area contributed by atoms with E-state index in [9.17, 15) is 4.21 Å². The van der Waals surface area contributed by atoms with Crippen molar-refractivity contribution in [3.8, 4) is 0 Å². The van der Waals surface area contributed by atoms with E-state index in [-0.39, 0.29) is 0 Å². The van der Waals surface area contributed by atoms with Crippen molar-refractivity contribution in [1.82, 2.24) is 0 Å². The van der Waals surface area contributed by atoms with Crippen LogP contribution in [0.1, 0.15) is 4.88 Å². The highest BCUT2D eigenvalue weighted by atomic mass is 35.5. The second kappa shape index (κ2) is 5.20. The highest BCUT2D eigenvalue weighted by Gasteiger charge is 2.01. The molecule has 0 fully saturated rings. The normalized spacial score (nSPS) is 14.5. The third-order valence-corrected chi connectivity index (χ3v) is 4.93. The van der Waals surface area contributed by atoms with Gasteiger partial charge in [0, 0.05) is 11.1 Å². The van der Waals surface area contributed by atoms with Crippen molar-refractivity contribution in [1.29, 1.82) is 0 Å². The van der Waals surface area contributed by atoms with Crippen LogP contribution in [-0.2, 0) is 10.8 Å². The predicted octanol–water partition coefficient (Wildman–Crippen LogP) is 3.44. The van der Waals surface area contributed by atoms with Gasteiger partial charge in [-0.05, 0) is 24.5 Å². The number of halogens is 1. The molecule has 0 aliphatic heterocycles. The van der Waals surface area contributed by atoms with Crippen molar-refractivity contribution in [3.63, 3.8) is 0 Å². The summed E-state index contributed by atoms with van der Waals surface area (Å²) in [6, 6.07) is 3.77. The Hall–Kier alpha value is 0.230. The van der Waals surface area contributed by atoms with Gasteiger partial charge in [-0.3, -0.25) is 4.21 Å². The van der Waals surface area contributed by atoms with Gasteiger partial charge in [0.1, 0.15) is 0 Å². The van der Waals surface area contributed by atoms with Crippen LogP contribution in [0.5, 0.6) is 0 Å². The average molecular weight is 253 g/mol. The Bertz CT molecular complexity index is 343. The summed E-state index contributed by atoms with van der Waals surface area (Å²) in [5, 5.41) is 0. The molecule has 0 aliphatic carbocycles. The van der Waals surface area contributed by atoms with Crippen LogP contribution < -0.4 is 0 Å². The molecule has 1 rings (SSSR count). The zero-order valence-electron chi connectivity index (χ0n) is 7.24. The number of hydrogen-bond donors (Lipinski definition) is 0. The van der Waals surface area contributed by atoms with E-state index < -0.39 is 10.8 Å². The third-order valence-electron chi connectivity index (χ3n) is 1.34. The molecule has 1 heterocycles. The molecule has 5 heteroatoms. The van der Waals surface area contributed by atoms with Gasteiger partial charge >= 0.3 is 0 Å². The maximum atomic E-state index is 11.2. The number of thioether (sulfide) groups is 1. The molecule has 1 unspecified atom stereocenters. The predicted molar refractivity (Wildman–Crippen MR) is 64.9 cm³/mol. The molecule has 1 aromatic rings. The Morgan fingerprint density at radius 1 is 1.69 bits per heavy atom. The lowest BCUT2D eigenvalue weighted by Gasteiger charge is -1.96. The Labute approximate surface area is 93.6 Å². The zero-order chi connectivity index (χ0) is 9.84. The first-order chi connectivity index (χ1) is 6.13. The van der Waals surface area contributed by atoms with Crippen LogP contribution in [-0.4, -0.2) is 16.7 Å². The minimum atomic E-state index is -0.907. The molecule has 1 atom stereocenters. The summed E-state index contributed by atoms with van der Waals surface area (Å²) in [6.07, 6.45) is 5.51. The molecule has 1 aromatic heterocycles. The summed E-state index contributed by atoms with van der Waals surface area (Å²) < 4.78 is 12.8. The summed E-state index contributed by atoms with van der Waals surface area (Å²) in [5.74, 6) is 0. The molecule has 0 aliphatic rings. The van der Waals surface area contributed by atoms with E-state index >= 15 is 0 Å². The monoisotopic (exact) mass is 252 g/mol. The van der Waals surface area contributed by atoms with Crippen molar-refractivity contribution in [2.45, 2.75) is 0 Å². The highest BCUT2D eigenvalue weighted by molar-refractivity contribution is 8.16. The van der Waals surface area contributed by atoms with Gasteiger partial charge in [0.05, 0.1) is 19.4 Å². The number of hydrogen-bond acceptors (Lipinski definition) is 3. The quantitative estimate of drug-likeness (QED) is 0.820. The number of thiophene rings is 1. The fourth-order valence-corrected chi connectivity index (χ4v) is 3.41. The van der Waals surface area contributed by atoms with Crippen molar-refractivity contribution < 1.29 is 4.21 Å². The van der Waals surface area contributed by atoms with E-state index in [0.717, 1.165) is 13.5 Å². The van der Waals surface area contributed by atoms with Crippen LogP contribution in [0.3, 0.4) is 0 Å². The van der Waals surface area contributed by atoms with Crippen molar-refractivity contribution >= 4 is 51.6 Å². The average Bonchev–Trinajstić information content (AvgIpc) is 2.46. The lowest BCUT2D eigenvalue weighted by molar-refractivity contribution is 0.691. The second-order valence-corrected chi connectivity index (χ2v) is 6.46. The lowest BCUT2D eigenvalue weighted by atomic mass is 10.5. The van der Waals surface area contributed by atoms with E-state index in [1.807, 2.05) is 24.5 Å². The SMILES string of the molecule is CS/C(=C\c1ccc(Cl)s1)S(C)=O. The van der Waals surface area contributed by atoms with E-state index in [2.05, 4.69) is 0 Å². The van der Waals surface area contributed by atoms with Gasteiger partial charge in [-0.2, -0.15) is 0 Å². The molecule has 13 heavy (non-hydrogen) atoms. The first kappa shape index (κ1) is 11.3. The highest BCUT2D eigenvalue weighted by Crippen LogP contribution is 2.26. The fourth-order valence-electron chi connectivity index (χ4n) is 0.781. The number of rotatable bonds is 3. The summed E-state index contributed by atoms with van der Waals surface area (Å²) in [5.41, 5.74) is 0. The summed E-state index contributed by atoms with van der Waals surface area (Å²) >= 11 is 8.77. The molecule has 1 nitrogen and oxygen atoms in total. The molecule has 0 saturated carbocycles. The molecule has 0 radical (unpaired) electrons. The third kappa shape index (κ3) is 3.46. The molecular formula is C8H9ClOS3. The molecule has 72 valence electrons. The smallest absolute Gasteiger partial charge is 0.0934 e. The Morgan fingerprint density at radius 3 is 2.77 bits per heavy atom. The topological polar surface area (TPSA) is 17.1 Å². The van der Waals surface area contributed by atoms with Crippen LogP contribution in [0.4, 0.5) is 0 Å². The molecule has 0 bridgehead atoms. The largest absolute Gasteiger partial charge is 0.254 e. The maximum absolute atomic E-state index is 11.2. The summed E-state index contributed by atoms with van der Waals surface area (Å²) in [6.45, 7) is 0. The first-order valence-electron chi connectivity index (χ1n) is 3.48. The minimum Gasteiger partial charge on any atom is -0.254 e. The van der Waals surface area contributed by atoms with Crippen LogP contribution in [0.2, 0.25) is 4.34 Å². The van der Waals surface area contributed by atoms with Crippen molar-refractivity contribution in [2.24, 2.45) is 0 Å². The van der Waals surface area contributed by atoms with Crippen LogP contribution in [0.15, 0.2) is 16.4 Å². The Kier molecular flexibility index (Phi) is 4.52. The maximum Gasteiger partial charge on any atom is 0.0934 e. The molecule has 0 amide bonds. The molecular weight excluding hydrogens is 244 g/mol. The fraction of sp³-hybridized carbons (Fsp3) is 0.250. The van der Waals surface area contributed by atoms with Crippen LogP contribution in [0.25, 0.3) is 6.08 Å². The summed E-state index contributed by atoms with van der Waals surface area (Å²) in [7, 11) is -0.907. The van der Waals surface area contributed by atoms with Gasteiger partial charge in [0.2, 0.25) is 0 Å². The molecule has 0 N–H and O–H groups in total. The first-order valence-corrected chi connectivity index (χ1v) is 7.45. The van der Waals surface area contributed by atoms with E-state index in [0.29, 0.717) is 0 Å². The standard InChI is InChI=1S/C8H9ClOS3/c1-11-8(13(2)10)5-6-3-4-7(9)12-6/h3-5H,1-2H3/b8-5+. The van der Waals surface area contributed by atoms with Crippen molar-refractivity contribution in [2.75, 3.05) is 12.5 Å². The van der Waals surface area contributed by atoms with Gasteiger partial charge in [-0.15, -0.1) is 23.1 Å². The van der Waals surface area contributed by atoms with Gasteiger partial charge in [-0.25, -0.2) is 0 Å². The van der Waals surface area contributed by atoms with Gasteiger partial charge in [-0.1, -0.05) is 11.6 Å². The Morgan fingerprint density at radius 2 is 2.38 bits per heavy atom. The van der Waals surface area contributed by atoms with Crippen LogP contribution in [0, 0.1) is 0 Å². The van der Waals surface area contributed by atoms with E-state index in [1.54, 1.807) is 6.26 Å².